The SMILES string of the molecule is CCOc1cc(C(=O)N/N=C/c2ccc(OCC(=O)Nc3ccc(Cl)cc3)c(Cl)c2)ccc1OC. The number of carbonyl (C=O) groups is 2. The van der Waals surface area contributed by atoms with Crippen LogP contribution in [0.1, 0.15) is 22.8 Å². The highest BCUT2D eigenvalue weighted by Gasteiger charge is 2.11. The first-order valence-electron chi connectivity index (χ1n) is 10.5. The molecule has 3 aromatic rings. The monoisotopic (exact) mass is 515 g/mol. The molecule has 8 nitrogen and oxygen atoms in total. The molecule has 3 aromatic carbocycles. The number of halogens is 2. The summed E-state index contributed by atoms with van der Waals surface area (Å²) >= 11 is 12.1. The van der Waals surface area contributed by atoms with Crippen molar-refractivity contribution in [1.29, 1.82) is 0 Å². The largest absolute Gasteiger partial charge is 0.493 e. The molecule has 0 heterocycles. The molecule has 0 saturated carbocycles. The zero-order valence-electron chi connectivity index (χ0n) is 19.0. The third kappa shape index (κ3) is 7.63. The normalized spacial score (nSPS) is 10.6. The fourth-order valence-electron chi connectivity index (χ4n) is 2.90. The zero-order chi connectivity index (χ0) is 25.2. The van der Waals surface area contributed by atoms with E-state index in [-0.39, 0.29) is 17.5 Å². The van der Waals surface area contributed by atoms with E-state index >= 15 is 0 Å². The van der Waals surface area contributed by atoms with Gasteiger partial charge in [-0.05, 0) is 73.2 Å². The van der Waals surface area contributed by atoms with E-state index in [1.807, 2.05) is 6.92 Å². The van der Waals surface area contributed by atoms with Gasteiger partial charge in [0.15, 0.2) is 18.1 Å². The maximum atomic E-state index is 12.4. The van der Waals surface area contributed by atoms with Crippen LogP contribution in [0, 0.1) is 0 Å². The number of anilines is 1. The van der Waals surface area contributed by atoms with Crippen molar-refractivity contribution in [2.75, 3.05) is 25.6 Å². The minimum atomic E-state index is -0.414. The van der Waals surface area contributed by atoms with E-state index < -0.39 is 5.91 Å². The molecule has 35 heavy (non-hydrogen) atoms. The Morgan fingerprint density at radius 1 is 0.943 bits per heavy atom. The van der Waals surface area contributed by atoms with Crippen molar-refractivity contribution >= 4 is 46.9 Å². The number of nitrogens with one attached hydrogen (secondary N) is 2. The lowest BCUT2D eigenvalue weighted by atomic mass is 10.2. The molecule has 0 spiro atoms. The van der Waals surface area contributed by atoms with Crippen molar-refractivity contribution in [2.45, 2.75) is 6.92 Å². The van der Waals surface area contributed by atoms with Gasteiger partial charge in [-0.1, -0.05) is 23.2 Å². The topological polar surface area (TPSA) is 98.3 Å². The molecule has 0 aromatic heterocycles. The first-order valence-corrected chi connectivity index (χ1v) is 11.3. The Hall–Kier alpha value is -3.75. The van der Waals surface area contributed by atoms with Crippen molar-refractivity contribution in [1.82, 2.24) is 5.43 Å². The van der Waals surface area contributed by atoms with E-state index in [1.54, 1.807) is 60.7 Å². The van der Waals surface area contributed by atoms with Gasteiger partial charge in [-0.2, -0.15) is 5.10 Å². The predicted octanol–water partition coefficient (Wildman–Crippen LogP) is 5.18. The Kier molecular flexibility index (Phi) is 9.34. The first-order chi connectivity index (χ1) is 16.9. The van der Waals surface area contributed by atoms with Crippen LogP contribution < -0.4 is 25.0 Å². The third-order valence-electron chi connectivity index (χ3n) is 4.55. The van der Waals surface area contributed by atoms with Crippen molar-refractivity contribution in [3.63, 3.8) is 0 Å². The highest BCUT2D eigenvalue weighted by Crippen LogP contribution is 2.28. The van der Waals surface area contributed by atoms with E-state index in [1.165, 1.54) is 13.3 Å². The van der Waals surface area contributed by atoms with Crippen LogP contribution >= 0.6 is 23.2 Å². The lowest BCUT2D eigenvalue weighted by Crippen LogP contribution is -2.20. The summed E-state index contributed by atoms with van der Waals surface area (Å²) in [5.41, 5.74) is 4.05. The molecule has 3 rings (SSSR count). The molecule has 0 radical (unpaired) electrons. The summed E-state index contributed by atoms with van der Waals surface area (Å²) in [6.07, 6.45) is 1.44. The summed E-state index contributed by atoms with van der Waals surface area (Å²) < 4.78 is 16.2. The molecule has 2 amide bonds. The van der Waals surface area contributed by atoms with E-state index in [9.17, 15) is 9.59 Å². The van der Waals surface area contributed by atoms with Crippen molar-refractivity contribution < 1.29 is 23.8 Å². The second-order valence-corrected chi connectivity index (χ2v) is 7.88. The number of carbonyl (C=O) groups excluding carboxylic acids is 2. The summed E-state index contributed by atoms with van der Waals surface area (Å²) in [6, 6.07) is 16.5. The van der Waals surface area contributed by atoms with Gasteiger partial charge in [0.1, 0.15) is 5.75 Å². The second-order valence-electron chi connectivity index (χ2n) is 7.03. The van der Waals surface area contributed by atoms with Crippen LogP contribution in [-0.2, 0) is 4.79 Å². The van der Waals surface area contributed by atoms with Crippen LogP contribution in [0.2, 0.25) is 10.0 Å². The number of ether oxygens (including phenoxy) is 3. The molecule has 182 valence electrons. The molecule has 0 fully saturated rings. The van der Waals surface area contributed by atoms with Gasteiger partial charge in [0, 0.05) is 16.3 Å². The Morgan fingerprint density at radius 2 is 1.69 bits per heavy atom. The van der Waals surface area contributed by atoms with E-state index in [2.05, 4.69) is 15.8 Å². The third-order valence-corrected chi connectivity index (χ3v) is 5.10. The van der Waals surface area contributed by atoms with Crippen LogP contribution in [0.4, 0.5) is 5.69 Å². The van der Waals surface area contributed by atoms with Crippen molar-refractivity contribution in [3.8, 4) is 17.2 Å². The molecular formula is C25H23Cl2N3O5. The predicted molar refractivity (Wildman–Crippen MR) is 136 cm³/mol. The van der Waals surface area contributed by atoms with Crippen LogP contribution in [0.5, 0.6) is 17.2 Å². The molecule has 2 N–H and O–H groups in total. The number of hydrogen-bond acceptors (Lipinski definition) is 6. The summed E-state index contributed by atoms with van der Waals surface area (Å²) in [5, 5.41) is 7.52. The first kappa shape index (κ1) is 25.9. The van der Waals surface area contributed by atoms with Crippen LogP contribution in [0.3, 0.4) is 0 Å². The van der Waals surface area contributed by atoms with E-state index in [0.717, 1.165) is 0 Å². The zero-order valence-corrected chi connectivity index (χ0v) is 20.5. The minimum absolute atomic E-state index is 0.225. The molecular weight excluding hydrogens is 493 g/mol. The van der Waals surface area contributed by atoms with Crippen molar-refractivity contribution in [3.05, 3.63) is 81.8 Å². The molecule has 10 heteroatoms. The molecule has 0 atom stereocenters. The highest BCUT2D eigenvalue weighted by molar-refractivity contribution is 6.32. The van der Waals surface area contributed by atoms with Gasteiger partial charge in [-0.25, -0.2) is 5.43 Å². The summed E-state index contributed by atoms with van der Waals surface area (Å²) in [4.78, 5) is 24.5. The number of nitrogens with zero attached hydrogens (tertiary/aromatic N) is 1. The Labute approximate surface area is 212 Å². The number of methoxy groups -OCH3 is 1. The van der Waals surface area contributed by atoms with Gasteiger partial charge in [-0.3, -0.25) is 9.59 Å². The van der Waals surface area contributed by atoms with Gasteiger partial charge in [0.25, 0.3) is 11.8 Å². The summed E-state index contributed by atoms with van der Waals surface area (Å²) in [5.74, 6) is 0.577. The molecule has 0 aliphatic heterocycles. The number of hydrogen-bond donors (Lipinski definition) is 2. The lowest BCUT2D eigenvalue weighted by molar-refractivity contribution is -0.118. The molecule has 0 aliphatic rings. The minimum Gasteiger partial charge on any atom is -0.493 e. The van der Waals surface area contributed by atoms with Gasteiger partial charge in [0.05, 0.1) is 25.0 Å². The number of rotatable bonds is 10. The molecule has 0 aliphatic carbocycles. The highest BCUT2D eigenvalue weighted by atomic mass is 35.5. The van der Waals surface area contributed by atoms with Crippen molar-refractivity contribution in [2.24, 2.45) is 5.10 Å². The Morgan fingerprint density at radius 3 is 2.37 bits per heavy atom. The average Bonchev–Trinajstić information content (AvgIpc) is 2.85. The van der Waals surface area contributed by atoms with Crippen LogP contribution in [0.15, 0.2) is 65.8 Å². The number of benzene rings is 3. The second kappa shape index (κ2) is 12.6. The Balaban J connectivity index is 1.54. The van der Waals surface area contributed by atoms with Gasteiger partial charge < -0.3 is 19.5 Å². The standard InChI is InChI=1S/C25H23Cl2N3O5/c1-3-34-23-13-17(5-11-22(23)33-2)25(32)30-28-14-16-4-10-21(20(27)12-16)35-15-24(31)29-19-8-6-18(26)7-9-19/h4-14H,3,15H2,1-2H3,(H,29,31)(H,30,32)/b28-14+. The maximum absolute atomic E-state index is 12.4. The van der Waals surface area contributed by atoms with Crippen LogP contribution in [0.25, 0.3) is 0 Å². The fraction of sp³-hybridized carbons (Fsp3) is 0.160. The summed E-state index contributed by atoms with van der Waals surface area (Å²) in [7, 11) is 1.53. The average molecular weight is 516 g/mol. The van der Waals surface area contributed by atoms with Crippen LogP contribution in [-0.4, -0.2) is 38.4 Å². The fourth-order valence-corrected chi connectivity index (χ4v) is 3.27. The Bertz CT molecular complexity index is 1220. The van der Waals surface area contributed by atoms with E-state index in [4.69, 9.17) is 37.4 Å². The number of hydrazone groups is 1. The molecule has 0 saturated heterocycles. The molecule has 0 bridgehead atoms. The van der Waals surface area contributed by atoms with E-state index in [0.29, 0.717) is 45.7 Å². The quantitative estimate of drug-likeness (QED) is 0.286. The lowest BCUT2D eigenvalue weighted by Gasteiger charge is -2.10. The molecule has 0 unspecified atom stereocenters. The summed E-state index contributed by atoms with van der Waals surface area (Å²) in [6.45, 7) is 2.05. The van der Waals surface area contributed by atoms with Gasteiger partial charge >= 0.3 is 0 Å². The van der Waals surface area contributed by atoms with Gasteiger partial charge in [0.2, 0.25) is 0 Å². The maximum Gasteiger partial charge on any atom is 0.271 e. The smallest absolute Gasteiger partial charge is 0.271 e. The number of amides is 2. The van der Waals surface area contributed by atoms with Gasteiger partial charge in [-0.15, -0.1) is 0 Å².